The number of benzene rings is 1. The Morgan fingerprint density at radius 1 is 1.38 bits per heavy atom. The van der Waals surface area contributed by atoms with Crippen molar-refractivity contribution >= 4 is 5.91 Å². The third-order valence-corrected chi connectivity index (χ3v) is 3.69. The third kappa shape index (κ3) is 5.38. The molecule has 0 radical (unpaired) electrons. The van der Waals surface area contributed by atoms with Crippen LogP contribution in [0, 0.1) is 5.92 Å². The Hall–Kier alpha value is -1.55. The molecule has 1 saturated heterocycles. The summed E-state index contributed by atoms with van der Waals surface area (Å²) < 4.78 is 5.60. The van der Waals surface area contributed by atoms with E-state index in [4.69, 9.17) is 4.74 Å². The Morgan fingerprint density at radius 3 is 2.86 bits per heavy atom. The molecule has 0 spiro atoms. The first kappa shape index (κ1) is 15.8. The van der Waals surface area contributed by atoms with Crippen LogP contribution in [-0.2, 0) is 4.79 Å². The number of amides is 1. The first-order chi connectivity index (χ1) is 10.1. The molecule has 1 N–H and O–H groups in total. The normalized spacial score (nSPS) is 18.8. The van der Waals surface area contributed by atoms with Gasteiger partial charge in [-0.05, 0) is 24.5 Å². The summed E-state index contributed by atoms with van der Waals surface area (Å²) in [6, 6.07) is 10.1. The van der Waals surface area contributed by atoms with E-state index in [1.165, 1.54) is 0 Å². The van der Waals surface area contributed by atoms with Gasteiger partial charge in [-0.25, -0.2) is 0 Å². The highest BCUT2D eigenvalue weighted by molar-refractivity contribution is 5.76. The van der Waals surface area contributed by atoms with Crippen molar-refractivity contribution in [2.24, 2.45) is 5.92 Å². The lowest BCUT2D eigenvalue weighted by molar-refractivity contribution is -0.133. The molecule has 1 aromatic carbocycles. The summed E-state index contributed by atoms with van der Waals surface area (Å²) in [6.45, 7) is 7.40. The Balaban J connectivity index is 1.72. The van der Waals surface area contributed by atoms with Gasteiger partial charge < -0.3 is 15.0 Å². The van der Waals surface area contributed by atoms with Crippen LogP contribution < -0.4 is 10.1 Å². The first-order valence-electron chi connectivity index (χ1n) is 7.84. The van der Waals surface area contributed by atoms with Gasteiger partial charge >= 0.3 is 0 Å². The number of nitrogens with zero attached hydrogens (tertiary/aromatic N) is 1. The molecule has 0 aliphatic carbocycles. The highest BCUT2D eigenvalue weighted by Crippen LogP contribution is 2.12. The zero-order valence-electron chi connectivity index (χ0n) is 13.0. The number of carbonyl (C=O) groups is 1. The molecule has 0 saturated carbocycles. The smallest absolute Gasteiger partial charge is 0.226 e. The quantitative estimate of drug-likeness (QED) is 0.874. The van der Waals surface area contributed by atoms with Crippen molar-refractivity contribution in [1.29, 1.82) is 0 Å². The van der Waals surface area contributed by atoms with Crippen LogP contribution in [0.25, 0.3) is 0 Å². The van der Waals surface area contributed by atoms with Crippen molar-refractivity contribution in [2.45, 2.75) is 32.7 Å². The van der Waals surface area contributed by atoms with Crippen molar-refractivity contribution in [3.8, 4) is 5.75 Å². The lowest BCUT2D eigenvalue weighted by Gasteiger charge is -2.34. The minimum absolute atomic E-state index is 0.196. The van der Waals surface area contributed by atoms with E-state index in [9.17, 15) is 4.79 Å². The minimum Gasteiger partial charge on any atom is -0.493 e. The van der Waals surface area contributed by atoms with Crippen LogP contribution in [0.5, 0.6) is 5.75 Å². The van der Waals surface area contributed by atoms with Crippen LogP contribution in [0.15, 0.2) is 30.3 Å². The number of para-hydroxylation sites is 1. The molecule has 116 valence electrons. The van der Waals surface area contributed by atoms with Gasteiger partial charge in [-0.2, -0.15) is 0 Å². The maximum Gasteiger partial charge on any atom is 0.226 e. The first-order valence-corrected chi connectivity index (χ1v) is 7.84. The maximum atomic E-state index is 12.2. The molecule has 21 heavy (non-hydrogen) atoms. The lowest BCUT2D eigenvalue weighted by Crippen LogP contribution is -2.53. The third-order valence-electron chi connectivity index (χ3n) is 3.69. The van der Waals surface area contributed by atoms with Gasteiger partial charge in [0.15, 0.2) is 0 Å². The maximum absolute atomic E-state index is 12.2. The molecule has 1 aliphatic rings. The largest absolute Gasteiger partial charge is 0.493 e. The van der Waals surface area contributed by atoms with Crippen LogP contribution in [-0.4, -0.2) is 43.1 Å². The van der Waals surface area contributed by atoms with Crippen LogP contribution in [0.2, 0.25) is 0 Å². The fraction of sp³-hybridized carbons (Fsp3) is 0.588. The molecule has 1 aliphatic heterocycles. The highest BCUT2D eigenvalue weighted by atomic mass is 16.5. The number of rotatable bonds is 6. The molecule has 1 fully saturated rings. The molecule has 2 rings (SSSR count). The van der Waals surface area contributed by atoms with Crippen molar-refractivity contribution in [3.05, 3.63) is 30.3 Å². The van der Waals surface area contributed by atoms with E-state index in [0.717, 1.165) is 31.8 Å². The van der Waals surface area contributed by atoms with Crippen molar-refractivity contribution in [1.82, 2.24) is 10.2 Å². The SMILES string of the molecule is CC(C)CC1CN(C(=O)CCOc2ccccc2)CCN1. The van der Waals surface area contributed by atoms with Crippen molar-refractivity contribution < 1.29 is 9.53 Å². The highest BCUT2D eigenvalue weighted by Gasteiger charge is 2.23. The lowest BCUT2D eigenvalue weighted by atomic mass is 10.0. The van der Waals surface area contributed by atoms with E-state index >= 15 is 0 Å². The number of carbonyl (C=O) groups excluding carboxylic acids is 1. The predicted molar refractivity (Wildman–Crippen MR) is 84.4 cm³/mol. The molecule has 1 heterocycles. The summed E-state index contributed by atoms with van der Waals surface area (Å²) in [5.41, 5.74) is 0. The standard InChI is InChI=1S/C17H26N2O2/c1-14(2)12-15-13-19(10-9-18-15)17(20)8-11-21-16-6-4-3-5-7-16/h3-7,14-15,18H,8-13H2,1-2H3. The minimum atomic E-state index is 0.196. The Labute approximate surface area is 127 Å². The van der Waals surface area contributed by atoms with E-state index < -0.39 is 0 Å². The summed E-state index contributed by atoms with van der Waals surface area (Å²) in [5.74, 6) is 1.67. The van der Waals surface area contributed by atoms with E-state index in [0.29, 0.717) is 25.0 Å². The summed E-state index contributed by atoms with van der Waals surface area (Å²) in [5, 5.41) is 3.49. The second kappa shape index (κ2) is 8.03. The van der Waals surface area contributed by atoms with Gasteiger partial charge in [-0.3, -0.25) is 4.79 Å². The van der Waals surface area contributed by atoms with Crippen LogP contribution in [0.1, 0.15) is 26.7 Å². The number of ether oxygens (including phenoxy) is 1. The number of hydrogen-bond donors (Lipinski definition) is 1. The second-order valence-corrected chi connectivity index (χ2v) is 6.03. The summed E-state index contributed by atoms with van der Waals surface area (Å²) in [6.07, 6.45) is 1.56. The number of nitrogens with one attached hydrogen (secondary N) is 1. The molecule has 4 nitrogen and oxygen atoms in total. The Bertz CT molecular complexity index is 434. The second-order valence-electron chi connectivity index (χ2n) is 6.03. The van der Waals surface area contributed by atoms with Gasteiger partial charge in [-0.15, -0.1) is 0 Å². The van der Waals surface area contributed by atoms with Crippen LogP contribution >= 0.6 is 0 Å². The topological polar surface area (TPSA) is 41.6 Å². The zero-order valence-corrected chi connectivity index (χ0v) is 13.0. The molecule has 0 bridgehead atoms. The molecule has 4 heteroatoms. The number of piperazine rings is 1. The monoisotopic (exact) mass is 290 g/mol. The molecular weight excluding hydrogens is 264 g/mol. The Morgan fingerprint density at radius 2 is 2.14 bits per heavy atom. The molecule has 1 aromatic rings. The Kier molecular flexibility index (Phi) is 6.05. The molecular formula is C17H26N2O2. The number of hydrogen-bond acceptors (Lipinski definition) is 3. The zero-order chi connectivity index (χ0) is 15.1. The molecule has 1 unspecified atom stereocenters. The summed E-state index contributed by atoms with van der Waals surface area (Å²) >= 11 is 0. The van der Waals surface area contributed by atoms with Gasteiger partial charge in [-0.1, -0.05) is 32.0 Å². The molecule has 1 atom stereocenters. The van der Waals surface area contributed by atoms with E-state index in [1.54, 1.807) is 0 Å². The summed E-state index contributed by atoms with van der Waals surface area (Å²) in [7, 11) is 0. The average molecular weight is 290 g/mol. The van der Waals surface area contributed by atoms with Gasteiger partial charge in [0, 0.05) is 25.7 Å². The van der Waals surface area contributed by atoms with Crippen molar-refractivity contribution in [3.63, 3.8) is 0 Å². The summed E-state index contributed by atoms with van der Waals surface area (Å²) in [4.78, 5) is 14.2. The fourth-order valence-electron chi connectivity index (χ4n) is 2.71. The van der Waals surface area contributed by atoms with Gasteiger partial charge in [0.25, 0.3) is 0 Å². The predicted octanol–water partition coefficient (Wildman–Crippen LogP) is 2.30. The van der Waals surface area contributed by atoms with E-state index in [-0.39, 0.29) is 5.91 Å². The van der Waals surface area contributed by atoms with Crippen molar-refractivity contribution in [2.75, 3.05) is 26.2 Å². The van der Waals surface area contributed by atoms with Gasteiger partial charge in [0.05, 0.1) is 13.0 Å². The molecule has 1 amide bonds. The fourth-order valence-corrected chi connectivity index (χ4v) is 2.71. The van der Waals surface area contributed by atoms with E-state index in [1.807, 2.05) is 35.2 Å². The van der Waals surface area contributed by atoms with Crippen LogP contribution in [0.4, 0.5) is 0 Å². The molecule has 0 aromatic heterocycles. The van der Waals surface area contributed by atoms with Gasteiger partial charge in [0.1, 0.15) is 5.75 Å². The van der Waals surface area contributed by atoms with Gasteiger partial charge in [0.2, 0.25) is 5.91 Å². The van der Waals surface area contributed by atoms with E-state index in [2.05, 4.69) is 19.2 Å². The average Bonchev–Trinajstić information content (AvgIpc) is 2.48. The van der Waals surface area contributed by atoms with Crippen LogP contribution in [0.3, 0.4) is 0 Å².